The second-order valence-corrected chi connectivity index (χ2v) is 5.55. The number of hydrogen-bond acceptors (Lipinski definition) is 5. The van der Waals surface area contributed by atoms with Crippen LogP contribution in [0.3, 0.4) is 0 Å². The van der Waals surface area contributed by atoms with Crippen LogP contribution < -0.4 is 10.1 Å². The van der Waals surface area contributed by atoms with Crippen molar-refractivity contribution in [3.63, 3.8) is 0 Å². The van der Waals surface area contributed by atoms with Crippen molar-refractivity contribution < 1.29 is 19.4 Å². The van der Waals surface area contributed by atoms with Crippen LogP contribution in [0.15, 0.2) is 36.8 Å². The quantitative estimate of drug-likeness (QED) is 0.758. The number of carboxylic acid groups (broad SMARTS) is 1. The van der Waals surface area contributed by atoms with Crippen LogP contribution in [0.4, 0.5) is 0 Å². The minimum Gasteiger partial charge on any atom is -0.494 e. The molecule has 0 fully saturated rings. The molecule has 2 rings (SSSR count). The van der Waals surface area contributed by atoms with Gasteiger partial charge in [-0.2, -0.15) is 0 Å². The predicted octanol–water partition coefficient (Wildman–Crippen LogP) is 1.86. The van der Waals surface area contributed by atoms with Gasteiger partial charge in [0.25, 0.3) is 5.91 Å². The number of benzene rings is 1. The van der Waals surface area contributed by atoms with Crippen LogP contribution in [0.25, 0.3) is 0 Å². The molecule has 7 heteroatoms. The lowest BCUT2D eigenvalue weighted by atomic mass is 9.99. The Morgan fingerprint density at radius 3 is 2.60 bits per heavy atom. The Morgan fingerprint density at radius 2 is 2.00 bits per heavy atom. The number of aromatic nitrogens is 2. The first-order chi connectivity index (χ1) is 12.0. The van der Waals surface area contributed by atoms with Gasteiger partial charge in [-0.15, -0.1) is 0 Å². The van der Waals surface area contributed by atoms with Gasteiger partial charge >= 0.3 is 5.97 Å². The van der Waals surface area contributed by atoms with E-state index in [1.165, 1.54) is 12.5 Å². The van der Waals surface area contributed by atoms with Gasteiger partial charge in [-0.05, 0) is 38.0 Å². The number of hydrogen-bond donors (Lipinski definition) is 2. The van der Waals surface area contributed by atoms with Gasteiger partial charge in [-0.25, -0.2) is 9.97 Å². The molecule has 0 saturated heterocycles. The SMILES string of the molecule is CCOc1ccc(CC(CNC(=O)c2cncnc2C)C(=O)O)cc1. The molecule has 1 amide bonds. The number of aryl methyl sites for hydroxylation is 1. The van der Waals surface area contributed by atoms with Crippen molar-refractivity contribution in [1.29, 1.82) is 0 Å². The summed E-state index contributed by atoms with van der Waals surface area (Å²) in [5.41, 5.74) is 1.75. The van der Waals surface area contributed by atoms with Crippen molar-refractivity contribution in [2.24, 2.45) is 5.92 Å². The molecule has 0 saturated carbocycles. The van der Waals surface area contributed by atoms with Gasteiger partial charge in [0.05, 0.1) is 23.8 Å². The van der Waals surface area contributed by atoms with Crippen LogP contribution in [0.2, 0.25) is 0 Å². The van der Waals surface area contributed by atoms with E-state index in [9.17, 15) is 14.7 Å². The maximum Gasteiger partial charge on any atom is 0.308 e. The molecule has 0 aliphatic rings. The molecule has 1 heterocycles. The molecule has 7 nitrogen and oxygen atoms in total. The van der Waals surface area contributed by atoms with Crippen molar-refractivity contribution in [2.45, 2.75) is 20.3 Å². The van der Waals surface area contributed by atoms with Crippen molar-refractivity contribution >= 4 is 11.9 Å². The molecule has 1 unspecified atom stereocenters. The van der Waals surface area contributed by atoms with Crippen LogP contribution in [0.5, 0.6) is 5.75 Å². The van der Waals surface area contributed by atoms with Gasteiger partial charge in [-0.1, -0.05) is 12.1 Å². The van der Waals surface area contributed by atoms with Gasteiger partial charge in [0.2, 0.25) is 0 Å². The molecule has 1 atom stereocenters. The summed E-state index contributed by atoms with van der Waals surface area (Å²) >= 11 is 0. The second kappa shape index (κ2) is 8.77. The third-order valence-corrected chi connectivity index (χ3v) is 3.73. The second-order valence-electron chi connectivity index (χ2n) is 5.55. The first-order valence-electron chi connectivity index (χ1n) is 8.00. The third kappa shape index (κ3) is 5.27. The number of carbonyl (C=O) groups excluding carboxylic acids is 1. The number of rotatable bonds is 8. The van der Waals surface area contributed by atoms with Gasteiger partial charge in [0.15, 0.2) is 0 Å². The number of ether oxygens (including phenoxy) is 1. The van der Waals surface area contributed by atoms with Gasteiger partial charge in [0.1, 0.15) is 12.1 Å². The molecular formula is C18H21N3O4. The number of carbonyl (C=O) groups is 2. The lowest BCUT2D eigenvalue weighted by Crippen LogP contribution is -2.34. The van der Waals surface area contributed by atoms with Crippen LogP contribution in [0.1, 0.15) is 28.5 Å². The molecule has 25 heavy (non-hydrogen) atoms. The van der Waals surface area contributed by atoms with Crippen molar-refractivity contribution in [3.8, 4) is 5.75 Å². The highest BCUT2D eigenvalue weighted by molar-refractivity contribution is 5.95. The van der Waals surface area contributed by atoms with Crippen molar-refractivity contribution in [3.05, 3.63) is 53.6 Å². The van der Waals surface area contributed by atoms with E-state index in [2.05, 4.69) is 15.3 Å². The fourth-order valence-electron chi connectivity index (χ4n) is 2.34. The Hall–Kier alpha value is -2.96. The van der Waals surface area contributed by atoms with E-state index >= 15 is 0 Å². The van der Waals surface area contributed by atoms with E-state index in [1.54, 1.807) is 19.1 Å². The fourth-order valence-corrected chi connectivity index (χ4v) is 2.34. The standard InChI is InChI=1S/C18H21N3O4/c1-3-25-15-6-4-13(5-7-15)8-14(18(23)24)9-20-17(22)16-10-19-11-21-12(16)2/h4-7,10-11,14H,3,8-9H2,1-2H3,(H,20,22)(H,23,24). The maximum atomic E-state index is 12.2. The van der Waals surface area contributed by atoms with Gasteiger partial charge < -0.3 is 15.2 Å². The van der Waals surface area contributed by atoms with Gasteiger partial charge in [-0.3, -0.25) is 9.59 Å². The first-order valence-corrected chi connectivity index (χ1v) is 8.00. The number of carboxylic acids is 1. The summed E-state index contributed by atoms with van der Waals surface area (Å²) in [7, 11) is 0. The molecule has 0 spiro atoms. The zero-order chi connectivity index (χ0) is 18.2. The number of nitrogens with zero attached hydrogens (tertiary/aromatic N) is 2. The number of aliphatic carboxylic acids is 1. The monoisotopic (exact) mass is 343 g/mol. The van der Waals surface area contributed by atoms with E-state index in [1.807, 2.05) is 19.1 Å². The highest BCUT2D eigenvalue weighted by atomic mass is 16.5. The molecule has 1 aromatic carbocycles. The summed E-state index contributed by atoms with van der Waals surface area (Å²) in [4.78, 5) is 31.4. The summed E-state index contributed by atoms with van der Waals surface area (Å²) in [5.74, 6) is -1.33. The average molecular weight is 343 g/mol. The Morgan fingerprint density at radius 1 is 1.28 bits per heavy atom. The van der Waals surface area contributed by atoms with E-state index in [4.69, 9.17) is 4.74 Å². The Labute approximate surface area is 146 Å². The van der Waals surface area contributed by atoms with Crippen molar-refractivity contribution in [2.75, 3.05) is 13.2 Å². The summed E-state index contributed by atoms with van der Waals surface area (Å²) < 4.78 is 5.37. The van der Waals surface area contributed by atoms with Crippen LogP contribution in [0, 0.1) is 12.8 Å². The van der Waals surface area contributed by atoms with E-state index < -0.39 is 11.9 Å². The first kappa shape index (κ1) is 18.4. The molecule has 0 aliphatic heterocycles. The molecular weight excluding hydrogens is 322 g/mol. The largest absolute Gasteiger partial charge is 0.494 e. The summed E-state index contributed by atoms with van der Waals surface area (Å²) in [6.45, 7) is 4.20. The predicted molar refractivity (Wildman–Crippen MR) is 91.5 cm³/mol. The number of nitrogens with one attached hydrogen (secondary N) is 1. The minimum atomic E-state index is -0.963. The molecule has 0 radical (unpaired) electrons. The Balaban J connectivity index is 1.98. The van der Waals surface area contributed by atoms with Crippen LogP contribution in [-0.4, -0.2) is 40.1 Å². The Kier molecular flexibility index (Phi) is 6.45. The zero-order valence-electron chi connectivity index (χ0n) is 14.2. The topological polar surface area (TPSA) is 101 Å². The third-order valence-electron chi connectivity index (χ3n) is 3.73. The minimum absolute atomic E-state index is 0.0235. The van der Waals surface area contributed by atoms with E-state index in [0.29, 0.717) is 24.3 Å². The van der Waals surface area contributed by atoms with E-state index in [0.717, 1.165) is 11.3 Å². The summed E-state index contributed by atoms with van der Waals surface area (Å²) in [5, 5.41) is 12.1. The van der Waals surface area contributed by atoms with Crippen molar-refractivity contribution in [1.82, 2.24) is 15.3 Å². The molecule has 2 N–H and O–H groups in total. The van der Waals surface area contributed by atoms with E-state index in [-0.39, 0.29) is 12.5 Å². The van der Waals surface area contributed by atoms with Gasteiger partial charge in [0, 0.05) is 12.7 Å². The fraction of sp³-hybridized carbons (Fsp3) is 0.333. The smallest absolute Gasteiger partial charge is 0.308 e. The highest BCUT2D eigenvalue weighted by Gasteiger charge is 2.20. The number of amides is 1. The zero-order valence-corrected chi connectivity index (χ0v) is 14.2. The van der Waals surface area contributed by atoms with Crippen LogP contribution >= 0.6 is 0 Å². The average Bonchev–Trinajstić information content (AvgIpc) is 2.60. The highest BCUT2D eigenvalue weighted by Crippen LogP contribution is 2.15. The summed E-state index contributed by atoms with van der Waals surface area (Å²) in [6, 6.07) is 7.28. The molecule has 0 aliphatic carbocycles. The lowest BCUT2D eigenvalue weighted by Gasteiger charge is -2.14. The Bertz CT molecular complexity index is 731. The lowest BCUT2D eigenvalue weighted by molar-refractivity contribution is -0.141. The van der Waals surface area contributed by atoms with Crippen LogP contribution in [-0.2, 0) is 11.2 Å². The molecule has 2 aromatic rings. The summed E-state index contributed by atoms with van der Waals surface area (Å²) in [6.07, 6.45) is 3.09. The molecule has 0 bridgehead atoms. The molecule has 132 valence electrons. The molecule has 1 aromatic heterocycles. The normalized spacial score (nSPS) is 11.6. The maximum absolute atomic E-state index is 12.2.